The summed E-state index contributed by atoms with van der Waals surface area (Å²) in [6.07, 6.45) is 0. The van der Waals surface area contributed by atoms with Gasteiger partial charge >= 0.3 is 0 Å². The van der Waals surface area contributed by atoms with Gasteiger partial charge in [-0.25, -0.2) is 4.39 Å². The van der Waals surface area contributed by atoms with Crippen molar-refractivity contribution in [2.24, 2.45) is 5.92 Å². The fraction of sp³-hybridized carbons (Fsp3) is 0.429. The molecule has 7 heteroatoms. The lowest BCUT2D eigenvalue weighted by Gasteiger charge is -2.25. The first kappa shape index (κ1) is 17.4. The quantitative estimate of drug-likeness (QED) is 0.698. The molecule has 0 spiro atoms. The van der Waals surface area contributed by atoms with Gasteiger partial charge in [0.05, 0.1) is 5.92 Å². The van der Waals surface area contributed by atoms with Gasteiger partial charge in [0.15, 0.2) is 0 Å². The molecule has 3 N–H and O–H groups in total. The Balaban J connectivity index is 0.00000220. The normalized spacial score (nSPS) is 13.8. The lowest BCUT2D eigenvalue weighted by atomic mass is 10.0. The van der Waals surface area contributed by atoms with E-state index >= 15 is 0 Å². The molecule has 0 aliphatic carbocycles. The minimum atomic E-state index is -0.400. The second kappa shape index (κ2) is 7.95. The van der Waals surface area contributed by atoms with E-state index in [2.05, 4.69) is 16.0 Å². The van der Waals surface area contributed by atoms with Crippen molar-refractivity contribution >= 4 is 24.2 Å². The molecular formula is C14H19ClFN3O2. The number of halogens is 2. The summed E-state index contributed by atoms with van der Waals surface area (Å²) >= 11 is 0. The molecule has 116 valence electrons. The molecule has 0 atom stereocenters. The minimum absolute atomic E-state index is 0. The van der Waals surface area contributed by atoms with Crippen molar-refractivity contribution in [1.29, 1.82) is 0 Å². The van der Waals surface area contributed by atoms with E-state index in [1.165, 1.54) is 6.07 Å². The van der Waals surface area contributed by atoms with Gasteiger partial charge in [0, 0.05) is 31.7 Å². The summed E-state index contributed by atoms with van der Waals surface area (Å²) in [5, 5.41) is 8.40. The Bertz CT molecular complexity index is 521. The number of nitrogens with one attached hydrogen (secondary N) is 3. The molecule has 0 radical (unpaired) electrons. The van der Waals surface area contributed by atoms with Crippen molar-refractivity contribution in [1.82, 2.24) is 16.0 Å². The number of aryl methyl sites for hydroxylation is 1. The van der Waals surface area contributed by atoms with Gasteiger partial charge in [-0.05, 0) is 24.6 Å². The first-order valence-electron chi connectivity index (χ1n) is 6.60. The zero-order valence-corrected chi connectivity index (χ0v) is 12.6. The van der Waals surface area contributed by atoms with Gasteiger partial charge in [-0.3, -0.25) is 9.59 Å². The van der Waals surface area contributed by atoms with Crippen molar-refractivity contribution in [3.63, 3.8) is 0 Å². The zero-order valence-electron chi connectivity index (χ0n) is 11.7. The monoisotopic (exact) mass is 315 g/mol. The summed E-state index contributed by atoms with van der Waals surface area (Å²) in [6.45, 7) is 3.75. The van der Waals surface area contributed by atoms with Crippen molar-refractivity contribution < 1.29 is 14.0 Å². The first-order valence-corrected chi connectivity index (χ1v) is 6.60. The molecule has 0 aromatic heterocycles. The molecule has 1 fully saturated rings. The molecule has 0 saturated carbocycles. The average Bonchev–Trinajstić information content (AvgIpc) is 2.35. The molecule has 1 aliphatic rings. The zero-order chi connectivity index (χ0) is 14.5. The molecule has 2 rings (SSSR count). The maximum atomic E-state index is 13.3. The van der Waals surface area contributed by atoms with Crippen LogP contribution < -0.4 is 16.0 Å². The number of rotatable bonds is 5. The number of benzene rings is 1. The maximum Gasteiger partial charge on any atom is 0.251 e. The molecule has 1 aromatic carbocycles. The van der Waals surface area contributed by atoms with E-state index in [0.29, 0.717) is 31.7 Å². The van der Waals surface area contributed by atoms with Crippen molar-refractivity contribution in [2.45, 2.75) is 6.92 Å². The highest BCUT2D eigenvalue weighted by atomic mass is 35.5. The predicted molar refractivity (Wildman–Crippen MR) is 80.1 cm³/mol. The van der Waals surface area contributed by atoms with E-state index in [4.69, 9.17) is 0 Å². The Labute approximate surface area is 129 Å². The molecule has 0 bridgehead atoms. The molecule has 21 heavy (non-hydrogen) atoms. The lowest BCUT2D eigenvalue weighted by molar-refractivity contribution is -0.126. The molecular weight excluding hydrogens is 297 g/mol. The minimum Gasteiger partial charge on any atom is -0.354 e. The summed E-state index contributed by atoms with van der Waals surface area (Å²) in [7, 11) is 0. The van der Waals surface area contributed by atoms with E-state index < -0.39 is 5.82 Å². The van der Waals surface area contributed by atoms with Crippen LogP contribution in [0.4, 0.5) is 4.39 Å². The van der Waals surface area contributed by atoms with Crippen LogP contribution in [0.2, 0.25) is 0 Å². The van der Waals surface area contributed by atoms with Crippen LogP contribution in [0.1, 0.15) is 15.9 Å². The lowest BCUT2D eigenvalue weighted by Crippen LogP contribution is -2.51. The molecule has 1 heterocycles. The third kappa shape index (κ3) is 4.68. The van der Waals surface area contributed by atoms with Gasteiger partial charge in [0.1, 0.15) is 5.82 Å². The van der Waals surface area contributed by atoms with Crippen LogP contribution in [-0.4, -0.2) is 38.0 Å². The third-order valence-electron chi connectivity index (χ3n) is 3.30. The van der Waals surface area contributed by atoms with Crippen LogP contribution in [0.15, 0.2) is 18.2 Å². The van der Waals surface area contributed by atoms with Crippen LogP contribution in [-0.2, 0) is 4.79 Å². The van der Waals surface area contributed by atoms with Crippen LogP contribution in [0.25, 0.3) is 0 Å². The smallest absolute Gasteiger partial charge is 0.251 e. The van der Waals surface area contributed by atoms with E-state index in [1.807, 2.05) is 0 Å². The number of carbonyl (C=O) groups is 2. The van der Waals surface area contributed by atoms with E-state index in [9.17, 15) is 14.0 Å². The Morgan fingerprint density at radius 2 is 1.95 bits per heavy atom. The summed E-state index contributed by atoms with van der Waals surface area (Å²) in [4.78, 5) is 23.3. The molecule has 1 aliphatic heterocycles. The predicted octanol–water partition coefficient (Wildman–Crippen LogP) is 0.621. The molecule has 1 aromatic rings. The third-order valence-corrected chi connectivity index (χ3v) is 3.30. The molecule has 0 unspecified atom stereocenters. The Morgan fingerprint density at radius 1 is 1.29 bits per heavy atom. The number of amides is 2. The second-order valence-corrected chi connectivity index (χ2v) is 4.87. The summed E-state index contributed by atoms with van der Waals surface area (Å²) < 4.78 is 13.3. The highest BCUT2D eigenvalue weighted by Crippen LogP contribution is 2.08. The summed E-state index contributed by atoms with van der Waals surface area (Å²) in [5.74, 6) is -0.705. The average molecular weight is 316 g/mol. The Hall–Kier alpha value is -1.66. The highest BCUT2D eigenvalue weighted by molar-refractivity contribution is 5.94. The summed E-state index contributed by atoms with van der Waals surface area (Å²) in [5.41, 5.74) is 0.783. The van der Waals surface area contributed by atoms with Gasteiger partial charge in [0.2, 0.25) is 5.91 Å². The summed E-state index contributed by atoms with van der Waals surface area (Å²) in [6, 6.07) is 4.35. The number of carbonyl (C=O) groups excluding carboxylic acids is 2. The van der Waals surface area contributed by atoms with Gasteiger partial charge in [-0.15, -0.1) is 12.4 Å². The highest BCUT2D eigenvalue weighted by Gasteiger charge is 2.24. The van der Waals surface area contributed by atoms with Crippen molar-refractivity contribution in [3.05, 3.63) is 35.1 Å². The standard InChI is InChI=1S/C14H18FN3O2.ClH/c1-9-2-3-10(6-12(9)15)13(19)17-4-5-18-14(20)11-7-16-8-11;/h2-3,6,11,16H,4-5,7-8H2,1H3,(H,17,19)(H,18,20);1H. The first-order chi connectivity index (χ1) is 9.58. The van der Waals surface area contributed by atoms with Gasteiger partial charge in [0.25, 0.3) is 5.91 Å². The van der Waals surface area contributed by atoms with E-state index in [0.717, 1.165) is 0 Å². The maximum absolute atomic E-state index is 13.3. The SMILES string of the molecule is Cc1ccc(C(=O)NCCNC(=O)C2CNC2)cc1F.Cl. The number of hydrogen-bond acceptors (Lipinski definition) is 3. The second-order valence-electron chi connectivity index (χ2n) is 4.87. The van der Waals surface area contributed by atoms with Gasteiger partial charge in [-0.2, -0.15) is 0 Å². The van der Waals surface area contributed by atoms with Crippen LogP contribution in [0.5, 0.6) is 0 Å². The van der Waals surface area contributed by atoms with Crippen molar-refractivity contribution in [3.8, 4) is 0 Å². The number of hydrogen-bond donors (Lipinski definition) is 3. The fourth-order valence-corrected chi connectivity index (χ4v) is 1.82. The van der Waals surface area contributed by atoms with E-state index in [-0.39, 0.29) is 35.7 Å². The van der Waals surface area contributed by atoms with Crippen LogP contribution in [0, 0.1) is 18.7 Å². The van der Waals surface area contributed by atoms with Crippen LogP contribution >= 0.6 is 12.4 Å². The van der Waals surface area contributed by atoms with Crippen LogP contribution in [0.3, 0.4) is 0 Å². The topological polar surface area (TPSA) is 70.2 Å². The van der Waals surface area contributed by atoms with Crippen molar-refractivity contribution in [2.75, 3.05) is 26.2 Å². The van der Waals surface area contributed by atoms with E-state index in [1.54, 1.807) is 19.1 Å². The Morgan fingerprint density at radius 3 is 2.52 bits per heavy atom. The largest absolute Gasteiger partial charge is 0.354 e. The van der Waals surface area contributed by atoms with Gasteiger partial charge < -0.3 is 16.0 Å². The Kier molecular flexibility index (Phi) is 6.58. The molecule has 2 amide bonds. The molecule has 5 nitrogen and oxygen atoms in total. The molecule has 1 saturated heterocycles. The fourth-order valence-electron chi connectivity index (χ4n) is 1.82. The van der Waals surface area contributed by atoms with Gasteiger partial charge in [-0.1, -0.05) is 6.07 Å².